The zero-order valence-electron chi connectivity index (χ0n) is 15.1. The van der Waals surface area contributed by atoms with Crippen LogP contribution >= 0.6 is 22.9 Å². The zero-order chi connectivity index (χ0) is 18.7. The van der Waals surface area contributed by atoms with E-state index in [1.54, 1.807) is 28.0 Å². The van der Waals surface area contributed by atoms with Crippen molar-refractivity contribution < 1.29 is 4.90 Å². The summed E-state index contributed by atoms with van der Waals surface area (Å²) in [6.45, 7) is 4.05. The van der Waals surface area contributed by atoms with Crippen molar-refractivity contribution >= 4 is 38.9 Å². The summed E-state index contributed by atoms with van der Waals surface area (Å²) in [5.74, 6) is 1.41. The number of quaternary nitrogens is 1. The predicted molar refractivity (Wildman–Crippen MR) is 108 cm³/mol. The molecule has 1 aliphatic rings. The molecular formula is C19H19ClN5OS+. The van der Waals surface area contributed by atoms with Crippen LogP contribution in [0.1, 0.15) is 23.2 Å². The Labute approximate surface area is 164 Å². The molecule has 8 heteroatoms. The summed E-state index contributed by atoms with van der Waals surface area (Å²) in [7, 11) is 2.20. The summed E-state index contributed by atoms with van der Waals surface area (Å²) < 4.78 is 3.70. The van der Waals surface area contributed by atoms with Gasteiger partial charge in [0, 0.05) is 17.9 Å². The molecule has 5 rings (SSSR count). The molecule has 1 N–H and O–H groups in total. The molecule has 1 unspecified atom stereocenters. The number of nitrogens with zero attached hydrogens (tertiary/aromatic N) is 4. The second kappa shape index (κ2) is 6.15. The Bertz CT molecular complexity index is 1250. The molecular weight excluding hydrogens is 382 g/mol. The van der Waals surface area contributed by atoms with Gasteiger partial charge >= 0.3 is 0 Å². The quantitative estimate of drug-likeness (QED) is 0.559. The Kier molecular flexibility index (Phi) is 3.86. The van der Waals surface area contributed by atoms with Crippen LogP contribution in [-0.2, 0) is 19.4 Å². The van der Waals surface area contributed by atoms with E-state index < -0.39 is 0 Å². The minimum atomic E-state index is -0.0353. The molecule has 0 bridgehead atoms. The van der Waals surface area contributed by atoms with Gasteiger partial charge in [-0.1, -0.05) is 24.6 Å². The molecule has 0 saturated heterocycles. The van der Waals surface area contributed by atoms with E-state index in [-0.39, 0.29) is 5.56 Å². The van der Waals surface area contributed by atoms with Crippen LogP contribution in [0, 0.1) is 0 Å². The molecule has 27 heavy (non-hydrogen) atoms. The lowest BCUT2D eigenvalue weighted by molar-refractivity contribution is -0.895. The lowest BCUT2D eigenvalue weighted by atomic mass is 10.1. The Balaban J connectivity index is 1.97. The third-order valence-electron chi connectivity index (χ3n) is 5.25. The fraction of sp³-hybridized carbons (Fsp3) is 0.316. The second-order valence-corrected chi connectivity index (χ2v) is 8.56. The normalized spacial score (nSPS) is 16.9. The van der Waals surface area contributed by atoms with E-state index in [0.717, 1.165) is 42.0 Å². The van der Waals surface area contributed by atoms with Crippen LogP contribution in [0.2, 0.25) is 5.02 Å². The van der Waals surface area contributed by atoms with Gasteiger partial charge in [0.05, 0.1) is 29.5 Å². The third-order valence-corrected chi connectivity index (χ3v) is 6.70. The molecule has 1 aliphatic heterocycles. The highest BCUT2D eigenvalue weighted by Crippen LogP contribution is 2.32. The number of aromatic nitrogens is 4. The van der Waals surface area contributed by atoms with Crippen LogP contribution in [0.4, 0.5) is 0 Å². The first-order valence-corrected chi connectivity index (χ1v) is 10.3. The second-order valence-electron chi connectivity index (χ2n) is 7.04. The number of likely N-dealkylation sites (N-methyl/N-ethyl adjacent to an activating group) is 1. The van der Waals surface area contributed by atoms with E-state index in [1.807, 2.05) is 12.1 Å². The largest absolute Gasteiger partial charge is 0.333 e. The van der Waals surface area contributed by atoms with Gasteiger partial charge in [-0.2, -0.15) is 0 Å². The van der Waals surface area contributed by atoms with Gasteiger partial charge in [0.15, 0.2) is 0 Å². The molecule has 1 aromatic carbocycles. The maximum Gasteiger partial charge on any atom is 0.268 e. The molecule has 138 valence electrons. The average molecular weight is 401 g/mol. The van der Waals surface area contributed by atoms with E-state index in [2.05, 4.69) is 28.6 Å². The Hall–Kier alpha value is -2.22. The molecule has 0 amide bonds. The van der Waals surface area contributed by atoms with Crippen LogP contribution in [0.3, 0.4) is 0 Å². The molecule has 0 spiro atoms. The molecule has 3 aromatic heterocycles. The SMILES string of the molecule is CCc1nnc2n(-c3cccc(Cl)c3)c(=O)c3c4c(sc3n12)C[NH+](C)CC4. The van der Waals surface area contributed by atoms with Crippen LogP contribution in [-0.4, -0.2) is 32.8 Å². The highest BCUT2D eigenvalue weighted by Gasteiger charge is 2.27. The summed E-state index contributed by atoms with van der Waals surface area (Å²) in [5, 5.41) is 10.1. The summed E-state index contributed by atoms with van der Waals surface area (Å²) in [4.78, 5) is 17.3. The van der Waals surface area contributed by atoms with Crippen molar-refractivity contribution in [3.05, 3.63) is 55.9 Å². The predicted octanol–water partition coefficient (Wildman–Crippen LogP) is 1.88. The fourth-order valence-electron chi connectivity index (χ4n) is 3.92. The number of aryl methyl sites for hydroxylation is 1. The van der Waals surface area contributed by atoms with Gasteiger partial charge < -0.3 is 4.90 Å². The van der Waals surface area contributed by atoms with Gasteiger partial charge in [-0.15, -0.1) is 21.5 Å². The molecule has 6 nitrogen and oxygen atoms in total. The molecule has 0 aliphatic carbocycles. The lowest BCUT2D eigenvalue weighted by Gasteiger charge is -2.19. The number of nitrogens with one attached hydrogen (secondary N) is 1. The van der Waals surface area contributed by atoms with Crippen molar-refractivity contribution in [1.29, 1.82) is 0 Å². The van der Waals surface area contributed by atoms with Crippen molar-refractivity contribution in [2.24, 2.45) is 0 Å². The van der Waals surface area contributed by atoms with E-state index in [4.69, 9.17) is 11.6 Å². The van der Waals surface area contributed by atoms with E-state index >= 15 is 0 Å². The summed E-state index contributed by atoms with van der Waals surface area (Å²) in [6, 6.07) is 7.34. The summed E-state index contributed by atoms with van der Waals surface area (Å²) >= 11 is 7.91. The highest BCUT2D eigenvalue weighted by atomic mass is 35.5. The standard InChI is InChI=1S/C19H18ClN5OS/c1-3-15-21-22-19-24(12-6-4-5-11(20)9-12)17(26)16-13-7-8-23(2)10-14(13)27-18(16)25(15)19/h4-6,9H,3,7-8,10H2,1-2H3/p+1. The summed E-state index contributed by atoms with van der Waals surface area (Å²) in [5.41, 5.74) is 1.87. The van der Waals surface area contributed by atoms with Crippen molar-refractivity contribution in [3.63, 3.8) is 0 Å². The van der Waals surface area contributed by atoms with Gasteiger partial charge in [-0.05, 0) is 23.8 Å². The molecule has 4 heterocycles. The van der Waals surface area contributed by atoms with Crippen LogP contribution < -0.4 is 10.5 Å². The number of rotatable bonds is 2. The third kappa shape index (κ3) is 2.46. The first-order chi connectivity index (χ1) is 13.1. The first-order valence-electron chi connectivity index (χ1n) is 9.09. The number of hydrogen-bond acceptors (Lipinski definition) is 4. The van der Waals surface area contributed by atoms with Crippen LogP contribution in [0.5, 0.6) is 0 Å². The lowest BCUT2D eigenvalue weighted by Crippen LogP contribution is -3.08. The average Bonchev–Trinajstić information content (AvgIpc) is 3.22. The van der Waals surface area contributed by atoms with Gasteiger partial charge in [-0.3, -0.25) is 9.20 Å². The number of hydrogen-bond donors (Lipinski definition) is 1. The smallest absolute Gasteiger partial charge is 0.268 e. The maximum absolute atomic E-state index is 13.6. The minimum Gasteiger partial charge on any atom is -0.333 e. The van der Waals surface area contributed by atoms with Crippen LogP contribution in [0.25, 0.3) is 21.7 Å². The first kappa shape index (κ1) is 16.9. The van der Waals surface area contributed by atoms with Gasteiger partial charge in [-0.25, -0.2) is 4.57 Å². The highest BCUT2D eigenvalue weighted by molar-refractivity contribution is 7.18. The molecule has 0 fully saturated rings. The van der Waals surface area contributed by atoms with Crippen LogP contribution in [0.15, 0.2) is 29.1 Å². The molecule has 0 radical (unpaired) electrons. The zero-order valence-corrected chi connectivity index (χ0v) is 16.7. The molecule has 0 saturated carbocycles. The Morgan fingerprint density at radius 3 is 2.96 bits per heavy atom. The fourth-order valence-corrected chi connectivity index (χ4v) is 5.58. The van der Waals surface area contributed by atoms with Gasteiger partial charge in [0.1, 0.15) is 17.2 Å². The van der Waals surface area contributed by atoms with Crippen molar-refractivity contribution in [2.45, 2.75) is 26.3 Å². The Morgan fingerprint density at radius 2 is 2.19 bits per heavy atom. The van der Waals surface area contributed by atoms with Gasteiger partial charge in [0.2, 0.25) is 5.78 Å². The van der Waals surface area contributed by atoms with E-state index in [9.17, 15) is 4.79 Å². The van der Waals surface area contributed by atoms with Crippen molar-refractivity contribution in [3.8, 4) is 5.69 Å². The minimum absolute atomic E-state index is 0.0353. The number of fused-ring (bicyclic) bond motifs is 5. The summed E-state index contributed by atoms with van der Waals surface area (Å²) in [6.07, 6.45) is 1.67. The Morgan fingerprint density at radius 1 is 1.33 bits per heavy atom. The van der Waals surface area contributed by atoms with Crippen molar-refractivity contribution in [1.82, 2.24) is 19.2 Å². The number of thiophene rings is 1. The van der Waals surface area contributed by atoms with E-state index in [1.165, 1.54) is 15.3 Å². The molecule has 1 atom stereocenters. The van der Waals surface area contributed by atoms with E-state index in [0.29, 0.717) is 16.5 Å². The topological polar surface area (TPSA) is 56.6 Å². The van der Waals surface area contributed by atoms with Crippen molar-refractivity contribution in [2.75, 3.05) is 13.6 Å². The van der Waals surface area contributed by atoms with Gasteiger partial charge in [0.25, 0.3) is 5.56 Å². The maximum atomic E-state index is 13.6. The monoisotopic (exact) mass is 400 g/mol. The number of halogens is 1. The molecule has 4 aromatic rings. The number of benzene rings is 1.